The van der Waals surface area contributed by atoms with Crippen LogP contribution in [0.3, 0.4) is 0 Å². The minimum absolute atomic E-state index is 0.0273. The van der Waals surface area contributed by atoms with Crippen LogP contribution in [-0.2, 0) is 6.54 Å². The molecule has 0 spiro atoms. The number of nitrogens with zero attached hydrogens (tertiary/aromatic N) is 4. The molecule has 21 heavy (non-hydrogen) atoms. The zero-order valence-corrected chi connectivity index (χ0v) is 13.3. The SMILES string of the molecule is CCn1cc(Cl)c(C(=O)N2CCCN(CC3CC3)CC2)n1. The van der Waals surface area contributed by atoms with Gasteiger partial charge in [0.15, 0.2) is 5.69 Å². The maximum atomic E-state index is 12.6. The Morgan fingerprint density at radius 1 is 1.33 bits per heavy atom. The number of aryl methyl sites for hydroxylation is 1. The van der Waals surface area contributed by atoms with E-state index in [0.29, 0.717) is 10.7 Å². The molecule has 1 aliphatic heterocycles. The molecule has 2 heterocycles. The summed E-state index contributed by atoms with van der Waals surface area (Å²) in [6.07, 6.45) is 5.52. The largest absolute Gasteiger partial charge is 0.336 e. The predicted octanol–water partition coefficient (Wildman–Crippen LogP) is 2.11. The first-order chi connectivity index (χ1) is 10.2. The van der Waals surface area contributed by atoms with Gasteiger partial charge in [0.25, 0.3) is 5.91 Å². The summed E-state index contributed by atoms with van der Waals surface area (Å²) in [5.41, 5.74) is 0.397. The number of hydrogen-bond acceptors (Lipinski definition) is 3. The van der Waals surface area contributed by atoms with E-state index < -0.39 is 0 Å². The summed E-state index contributed by atoms with van der Waals surface area (Å²) in [5, 5.41) is 4.75. The van der Waals surface area contributed by atoms with Gasteiger partial charge in [-0.15, -0.1) is 0 Å². The van der Waals surface area contributed by atoms with Gasteiger partial charge in [-0.1, -0.05) is 11.6 Å². The Morgan fingerprint density at radius 2 is 2.14 bits per heavy atom. The van der Waals surface area contributed by atoms with Crippen LogP contribution in [0.2, 0.25) is 5.02 Å². The van der Waals surface area contributed by atoms with Crippen molar-refractivity contribution in [3.8, 4) is 0 Å². The standard InChI is InChI=1S/C15H23ClN4O/c1-2-20-11-13(16)14(17-20)15(21)19-7-3-6-18(8-9-19)10-12-4-5-12/h11-12H,2-10H2,1H3. The van der Waals surface area contributed by atoms with E-state index in [0.717, 1.165) is 45.1 Å². The molecule has 2 fully saturated rings. The highest BCUT2D eigenvalue weighted by Crippen LogP contribution is 2.30. The van der Waals surface area contributed by atoms with Gasteiger partial charge in [-0.2, -0.15) is 5.10 Å². The predicted molar refractivity (Wildman–Crippen MR) is 82.6 cm³/mol. The minimum Gasteiger partial charge on any atom is -0.336 e. The summed E-state index contributed by atoms with van der Waals surface area (Å²) < 4.78 is 1.72. The summed E-state index contributed by atoms with van der Waals surface area (Å²) in [4.78, 5) is 17.0. The monoisotopic (exact) mass is 310 g/mol. The number of carbonyl (C=O) groups is 1. The first kappa shape index (κ1) is 14.9. The van der Waals surface area contributed by atoms with E-state index >= 15 is 0 Å². The van der Waals surface area contributed by atoms with Crippen molar-refractivity contribution in [2.24, 2.45) is 5.92 Å². The summed E-state index contributed by atoms with van der Waals surface area (Å²) in [6.45, 7) is 7.55. The lowest BCUT2D eigenvalue weighted by molar-refractivity contribution is 0.0754. The maximum absolute atomic E-state index is 12.6. The van der Waals surface area contributed by atoms with Crippen molar-refractivity contribution in [1.29, 1.82) is 0 Å². The lowest BCUT2D eigenvalue weighted by Gasteiger charge is -2.21. The molecule has 0 N–H and O–H groups in total. The number of rotatable bonds is 4. The normalized spacial score (nSPS) is 20.6. The van der Waals surface area contributed by atoms with Gasteiger partial charge in [-0.25, -0.2) is 0 Å². The third-order valence-electron chi connectivity index (χ3n) is 4.33. The van der Waals surface area contributed by atoms with Gasteiger partial charge < -0.3 is 9.80 Å². The Labute approximate surface area is 130 Å². The molecule has 0 radical (unpaired) electrons. The van der Waals surface area contributed by atoms with Crippen molar-refractivity contribution in [2.75, 3.05) is 32.7 Å². The molecular formula is C15H23ClN4O. The number of halogens is 1. The maximum Gasteiger partial charge on any atom is 0.275 e. The van der Waals surface area contributed by atoms with E-state index in [1.54, 1.807) is 10.9 Å². The van der Waals surface area contributed by atoms with Crippen LogP contribution in [0.1, 0.15) is 36.7 Å². The second kappa shape index (κ2) is 6.36. The van der Waals surface area contributed by atoms with E-state index in [1.807, 2.05) is 11.8 Å². The van der Waals surface area contributed by atoms with E-state index in [-0.39, 0.29) is 5.91 Å². The topological polar surface area (TPSA) is 41.4 Å². The molecular weight excluding hydrogens is 288 g/mol. The van der Waals surface area contributed by atoms with Crippen LogP contribution in [0.5, 0.6) is 0 Å². The van der Waals surface area contributed by atoms with Gasteiger partial charge in [0.2, 0.25) is 0 Å². The fourth-order valence-corrected chi connectivity index (χ4v) is 3.11. The Bertz CT molecular complexity index is 512. The molecule has 0 atom stereocenters. The molecule has 1 amide bonds. The quantitative estimate of drug-likeness (QED) is 0.855. The Balaban J connectivity index is 1.62. The Hall–Kier alpha value is -1.07. The van der Waals surface area contributed by atoms with Gasteiger partial charge in [0.1, 0.15) is 0 Å². The molecule has 6 heteroatoms. The van der Waals surface area contributed by atoms with Gasteiger partial charge >= 0.3 is 0 Å². The summed E-state index contributed by atoms with van der Waals surface area (Å²) in [5.74, 6) is 0.877. The van der Waals surface area contributed by atoms with Crippen LogP contribution in [0.15, 0.2) is 6.20 Å². The van der Waals surface area contributed by atoms with E-state index in [1.165, 1.54) is 19.4 Å². The highest BCUT2D eigenvalue weighted by Gasteiger charge is 2.28. The molecule has 1 saturated carbocycles. The van der Waals surface area contributed by atoms with E-state index in [2.05, 4.69) is 10.00 Å². The first-order valence-electron chi connectivity index (χ1n) is 7.92. The zero-order valence-electron chi connectivity index (χ0n) is 12.6. The molecule has 0 bridgehead atoms. The van der Waals surface area contributed by atoms with Crippen molar-refractivity contribution in [3.05, 3.63) is 16.9 Å². The van der Waals surface area contributed by atoms with Crippen LogP contribution in [-0.4, -0.2) is 58.2 Å². The van der Waals surface area contributed by atoms with Gasteiger partial charge in [0, 0.05) is 38.9 Å². The fraction of sp³-hybridized carbons (Fsp3) is 0.733. The molecule has 5 nitrogen and oxygen atoms in total. The highest BCUT2D eigenvalue weighted by molar-refractivity contribution is 6.33. The number of aromatic nitrogens is 2. The number of amides is 1. The lowest BCUT2D eigenvalue weighted by Crippen LogP contribution is -2.36. The fourth-order valence-electron chi connectivity index (χ4n) is 2.88. The van der Waals surface area contributed by atoms with Crippen molar-refractivity contribution < 1.29 is 4.79 Å². The van der Waals surface area contributed by atoms with Crippen LogP contribution in [0.25, 0.3) is 0 Å². The lowest BCUT2D eigenvalue weighted by atomic mass is 10.3. The molecule has 0 unspecified atom stereocenters. The second-order valence-corrected chi connectivity index (χ2v) is 6.48. The molecule has 1 saturated heterocycles. The third-order valence-corrected chi connectivity index (χ3v) is 4.61. The van der Waals surface area contributed by atoms with Crippen molar-refractivity contribution in [3.63, 3.8) is 0 Å². The molecule has 1 aromatic rings. The molecule has 116 valence electrons. The first-order valence-corrected chi connectivity index (χ1v) is 8.29. The van der Waals surface area contributed by atoms with Gasteiger partial charge in [-0.05, 0) is 38.6 Å². The third kappa shape index (κ3) is 3.58. The Morgan fingerprint density at radius 3 is 2.81 bits per heavy atom. The summed E-state index contributed by atoms with van der Waals surface area (Å²) in [6, 6.07) is 0. The van der Waals surface area contributed by atoms with Crippen LogP contribution in [0, 0.1) is 5.92 Å². The summed E-state index contributed by atoms with van der Waals surface area (Å²) >= 11 is 6.14. The van der Waals surface area contributed by atoms with E-state index in [4.69, 9.17) is 11.6 Å². The number of hydrogen-bond donors (Lipinski definition) is 0. The average molecular weight is 311 g/mol. The molecule has 2 aliphatic rings. The van der Waals surface area contributed by atoms with Crippen LogP contribution < -0.4 is 0 Å². The minimum atomic E-state index is -0.0273. The van der Waals surface area contributed by atoms with Gasteiger partial charge in [-0.3, -0.25) is 9.48 Å². The van der Waals surface area contributed by atoms with Crippen molar-refractivity contribution >= 4 is 17.5 Å². The zero-order chi connectivity index (χ0) is 14.8. The van der Waals surface area contributed by atoms with E-state index in [9.17, 15) is 4.79 Å². The Kier molecular flexibility index (Phi) is 4.50. The second-order valence-electron chi connectivity index (χ2n) is 6.07. The highest BCUT2D eigenvalue weighted by atomic mass is 35.5. The van der Waals surface area contributed by atoms with Crippen molar-refractivity contribution in [1.82, 2.24) is 19.6 Å². The van der Waals surface area contributed by atoms with Crippen molar-refractivity contribution in [2.45, 2.75) is 32.7 Å². The van der Waals surface area contributed by atoms with Crippen LogP contribution in [0.4, 0.5) is 0 Å². The van der Waals surface area contributed by atoms with Gasteiger partial charge in [0.05, 0.1) is 5.02 Å². The number of carbonyl (C=O) groups excluding carboxylic acids is 1. The molecule has 3 rings (SSSR count). The molecule has 1 aromatic heterocycles. The summed E-state index contributed by atoms with van der Waals surface area (Å²) in [7, 11) is 0. The van der Waals surface area contributed by atoms with Crippen LogP contribution >= 0.6 is 11.6 Å². The smallest absolute Gasteiger partial charge is 0.275 e. The average Bonchev–Trinajstić information content (AvgIpc) is 3.25. The molecule has 1 aliphatic carbocycles. The molecule has 0 aromatic carbocycles.